The van der Waals surface area contributed by atoms with Crippen molar-refractivity contribution in [2.75, 3.05) is 6.61 Å². The maximum Gasteiger partial charge on any atom is 0.321 e. The summed E-state index contributed by atoms with van der Waals surface area (Å²) in [6.07, 6.45) is 24.0. The van der Waals surface area contributed by atoms with Crippen molar-refractivity contribution >= 4 is 23.9 Å². The van der Waals surface area contributed by atoms with Crippen molar-refractivity contribution < 1.29 is 33.4 Å². The standard InChI is InChI=1S/C43H58O7/c1-3-4-5-6-7-8-9-10-11-12-13-14-15-16-17-18-19-22-29-48-32-27-25-31(26-28-32)39-38-37(41(46)50-42(38)47)33-23-20-21-24-34(33)43(39,2)35-30-36(44)49-40(35)45/h20-21,23-28,35,37-39H,3-19,22,29-30H2,1-2H3. The van der Waals surface area contributed by atoms with E-state index in [1.165, 1.54) is 103 Å². The number of hydrogen-bond donors (Lipinski definition) is 0. The second-order valence-electron chi connectivity index (χ2n) is 15.1. The highest BCUT2D eigenvalue weighted by atomic mass is 16.6. The van der Waals surface area contributed by atoms with Crippen LogP contribution >= 0.6 is 0 Å². The second-order valence-corrected chi connectivity index (χ2v) is 15.1. The van der Waals surface area contributed by atoms with Gasteiger partial charge >= 0.3 is 23.9 Å². The van der Waals surface area contributed by atoms with E-state index in [9.17, 15) is 19.2 Å². The molecule has 7 heteroatoms. The molecule has 5 rings (SSSR count). The normalized spacial score (nSPS) is 24.2. The van der Waals surface area contributed by atoms with Crippen LogP contribution in [0.3, 0.4) is 0 Å². The van der Waals surface area contributed by atoms with Gasteiger partial charge in [-0.1, -0.05) is 159 Å². The molecule has 5 unspecified atom stereocenters. The predicted octanol–water partition coefficient (Wildman–Crippen LogP) is 10.0. The Bertz CT molecular complexity index is 1430. The zero-order valence-electron chi connectivity index (χ0n) is 30.4. The molecule has 5 atom stereocenters. The van der Waals surface area contributed by atoms with Gasteiger partial charge in [-0.3, -0.25) is 19.2 Å². The number of fused-ring (bicyclic) bond motifs is 3. The molecular formula is C43H58O7. The Kier molecular flexibility index (Phi) is 14.1. The molecule has 0 aromatic heterocycles. The Labute approximate surface area is 299 Å². The molecule has 2 saturated heterocycles. The Morgan fingerprint density at radius 2 is 1.18 bits per heavy atom. The minimum atomic E-state index is -0.986. The second kappa shape index (κ2) is 18.7. The van der Waals surface area contributed by atoms with Crippen molar-refractivity contribution in [1.29, 1.82) is 0 Å². The molecule has 0 spiro atoms. The summed E-state index contributed by atoms with van der Waals surface area (Å²) in [5.41, 5.74) is 1.24. The summed E-state index contributed by atoms with van der Waals surface area (Å²) in [7, 11) is 0. The molecule has 0 amide bonds. The van der Waals surface area contributed by atoms with E-state index in [2.05, 4.69) is 6.92 Å². The first-order valence-electron chi connectivity index (χ1n) is 19.7. The zero-order chi connectivity index (χ0) is 35.3. The SMILES string of the molecule is CCCCCCCCCCCCCCCCCCCCOc1ccc(C2C3C(=O)OC(=O)C3c3ccccc3C2(C)C2CC(=O)OC2=O)cc1. The fourth-order valence-corrected chi connectivity index (χ4v) is 8.82. The van der Waals surface area contributed by atoms with E-state index in [0.717, 1.165) is 29.7 Å². The number of unbranched alkanes of at least 4 members (excludes halogenated alkanes) is 17. The van der Waals surface area contributed by atoms with Gasteiger partial charge in [0, 0.05) is 11.3 Å². The van der Waals surface area contributed by atoms with E-state index in [0.29, 0.717) is 12.2 Å². The number of carbonyl (C=O) groups excluding carboxylic acids is 4. The number of carbonyl (C=O) groups is 4. The first kappa shape index (κ1) is 37.8. The third kappa shape index (κ3) is 9.05. The fraction of sp³-hybridized carbons (Fsp3) is 0.628. The third-order valence-corrected chi connectivity index (χ3v) is 11.6. The van der Waals surface area contributed by atoms with Gasteiger partial charge in [0.25, 0.3) is 0 Å². The van der Waals surface area contributed by atoms with E-state index in [1.807, 2.05) is 55.5 Å². The molecule has 2 fully saturated rings. The summed E-state index contributed by atoms with van der Waals surface area (Å²) < 4.78 is 16.3. The minimum absolute atomic E-state index is 0.0822. The van der Waals surface area contributed by atoms with Crippen LogP contribution in [-0.4, -0.2) is 30.5 Å². The molecule has 7 nitrogen and oxygen atoms in total. The van der Waals surface area contributed by atoms with Crippen molar-refractivity contribution in [1.82, 2.24) is 0 Å². The van der Waals surface area contributed by atoms with Crippen LogP contribution in [0.5, 0.6) is 5.75 Å². The highest BCUT2D eigenvalue weighted by Crippen LogP contribution is 2.61. The summed E-state index contributed by atoms with van der Waals surface area (Å²) in [4.78, 5) is 51.6. The molecule has 2 aromatic rings. The zero-order valence-corrected chi connectivity index (χ0v) is 30.4. The lowest BCUT2D eigenvalue weighted by atomic mass is 9.51. The van der Waals surface area contributed by atoms with Crippen molar-refractivity contribution in [3.05, 3.63) is 65.2 Å². The number of esters is 4. The van der Waals surface area contributed by atoms with Crippen LogP contribution in [0, 0.1) is 11.8 Å². The lowest BCUT2D eigenvalue weighted by Gasteiger charge is -2.48. The number of ether oxygens (including phenoxy) is 3. The van der Waals surface area contributed by atoms with Gasteiger partial charge in [0.2, 0.25) is 0 Å². The highest BCUT2D eigenvalue weighted by molar-refractivity contribution is 6.02. The summed E-state index contributed by atoms with van der Waals surface area (Å²) >= 11 is 0. The van der Waals surface area contributed by atoms with Crippen molar-refractivity contribution in [3.8, 4) is 5.75 Å². The van der Waals surface area contributed by atoms with Gasteiger partial charge in [-0.2, -0.15) is 0 Å². The maximum atomic E-state index is 13.3. The number of rotatable bonds is 22. The number of hydrogen-bond acceptors (Lipinski definition) is 7. The Hall–Kier alpha value is -3.48. The molecule has 272 valence electrons. The van der Waals surface area contributed by atoms with Gasteiger partial charge in [-0.05, 0) is 35.2 Å². The lowest BCUT2D eigenvalue weighted by Crippen LogP contribution is -2.49. The third-order valence-electron chi connectivity index (χ3n) is 11.6. The first-order chi connectivity index (χ1) is 24.4. The van der Waals surface area contributed by atoms with E-state index >= 15 is 0 Å². The predicted molar refractivity (Wildman–Crippen MR) is 194 cm³/mol. The van der Waals surface area contributed by atoms with Gasteiger partial charge in [0.1, 0.15) is 5.75 Å². The number of cyclic esters (lactones) is 4. The average Bonchev–Trinajstić information content (AvgIpc) is 3.62. The number of benzene rings is 2. The van der Waals surface area contributed by atoms with Crippen molar-refractivity contribution in [2.24, 2.45) is 11.8 Å². The van der Waals surface area contributed by atoms with Crippen LogP contribution in [0.25, 0.3) is 0 Å². The lowest BCUT2D eigenvalue weighted by molar-refractivity contribution is -0.156. The average molecular weight is 687 g/mol. The monoisotopic (exact) mass is 686 g/mol. The largest absolute Gasteiger partial charge is 0.494 e. The molecule has 0 saturated carbocycles. The van der Waals surface area contributed by atoms with E-state index in [-0.39, 0.29) is 6.42 Å². The molecule has 50 heavy (non-hydrogen) atoms. The summed E-state index contributed by atoms with van der Waals surface area (Å²) in [6, 6.07) is 15.0. The van der Waals surface area contributed by atoms with Crippen LogP contribution in [0.15, 0.2) is 48.5 Å². The van der Waals surface area contributed by atoms with Crippen LogP contribution in [0.4, 0.5) is 0 Å². The molecule has 2 aromatic carbocycles. The molecular weight excluding hydrogens is 628 g/mol. The summed E-state index contributed by atoms with van der Waals surface area (Å²) in [6.45, 7) is 4.82. The topological polar surface area (TPSA) is 96.0 Å². The molecule has 1 aliphatic carbocycles. The minimum Gasteiger partial charge on any atom is -0.494 e. The van der Waals surface area contributed by atoms with E-state index in [1.54, 1.807) is 0 Å². The van der Waals surface area contributed by atoms with Gasteiger partial charge in [0.05, 0.1) is 30.8 Å². The Balaban J connectivity index is 1.05. The van der Waals surface area contributed by atoms with Gasteiger partial charge in [-0.15, -0.1) is 0 Å². The maximum absolute atomic E-state index is 13.3. The van der Waals surface area contributed by atoms with Crippen LogP contribution < -0.4 is 4.74 Å². The van der Waals surface area contributed by atoms with Gasteiger partial charge in [0.15, 0.2) is 0 Å². The molecule has 3 aliphatic rings. The van der Waals surface area contributed by atoms with E-state index in [4.69, 9.17) is 14.2 Å². The molecule has 2 heterocycles. The quantitative estimate of drug-likeness (QED) is 0.0691. The van der Waals surface area contributed by atoms with Crippen LogP contribution in [0.1, 0.15) is 164 Å². The summed E-state index contributed by atoms with van der Waals surface area (Å²) in [5.74, 6) is -4.60. The first-order valence-corrected chi connectivity index (χ1v) is 19.7. The summed E-state index contributed by atoms with van der Waals surface area (Å²) in [5, 5.41) is 0. The fourth-order valence-electron chi connectivity index (χ4n) is 8.82. The van der Waals surface area contributed by atoms with Gasteiger partial charge < -0.3 is 14.2 Å². The molecule has 2 aliphatic heterocycles. The van der Waals surface area contributed by atoms with Gasteiger partial charge in [-0.25, -0.2) is 0 Å². The molecule has 0 radical (unpaired) electrons. The smallest absolute Gasteiger partial charge is 0.321 e. The highest BCUT2D eigenvalue weighted by Gasteiger charge is 2.64. The Morgan fingerprint density at radius 3 is 1.72 bits per heavy atom. The van der Waals surface area contributed by atoms with Crippen LogP contribution in [-0.2, 0) is 34.1 Å². The van der Waals surface area contributed by atoms with Crippen LogP contribution in [0.2, 0.25) is 0 Å². The van der Waals surface area contributed by atoms with E-state index < -0.39 is 53.0 Å². The molecule has 0 bridgehead atoms. The van der Waals surface area contributed by atoms with Crippen molar-refractivity contribution in [3.63, 3.8) is 0 Å². The Morgan fingerprint density at radius 1 is 0.640 bits per heavy atom. The van der Waals surface area contributed by atoms with Crippen molar-refractivity contribution in [2.45, 2.75) is 153 Å². The molecule has 0 N–H and O–H groups in total.